The zero-order valence-electron chi connectivity index (χ0n) is 10.1. The zero-order valence-corrected chi connectivity index (χ0v) is 10.1. The van der Waals surface area contributed by atoms with Crippen LogP contribution in [-0.4, -0.2) is 19.9 Å². The largest absolute Gasteiger partial charge is 0.342 e. The average molecular weight is 300 g/mol. The molecule has 1 N–H and O–H groups in total. The van der Waals surface area contributed by atoms with Crippen molar-refractivity contribution < 1.29 is 22.0 Å². The third-order valence-corrected chi connectivity index (χ3v) is 2.86. The summed E-state index contributed by atoms with van der Waals surface area (Å²) in [7, 11) is 0. The zero-order chi connectivity index (χ0) is 15.1. The molecule has 2 aromatic heterocycles. The van der Waals surface area contributed by atoms with Crippen molar-refractivity contribution >= 4 is 11.2 Å². The van der Waals surface area contributed by atoms with Gasteiger partial charge in [-0.05, 0) is 0 Å². The molecule has 0 atom stereocenters. The van der Waals surface area contributed by atoms with Crippen molar-refractivity contribution in [2.75, 3.05) is 0 Å². The van der Waals surface area contributed by atoms with Crippen molar-refractivity contribution in [3.63, 3.8) is 0 Å². The van der Waals surface area contributed by atoms with Gasteiger partial charge in [-0.2, -0.15) is 0 Å². The molecule has 0 fully saturated rings. The Labute approximate surface area is 113 Å². The predicted molar refractivity (Wildman–Crippen MR) is 60.7 cm³/mol. The number of halogens is 5. The normalized spacial score (nSPS) is 11.3. The minimum Gasteiger partial charge on any atom is -0.342 e. The first-order valence-electron chi connectivity index (χ1n) is 5.64. The lowest BCUT2D eigenvalue weighted by Gasteiger charge is -2.07. The number of hydrogen-bond donors (Lipinski definition) is 1. The Morgan fingerprint density at radius 3 is 2.14 bits per heavy atom. The summed E-state index contributed by atoms with van der Waals surface area (Å²) in [6.07, 6.45) is 1.99. The highest BCUT2D eigenvalue weighted by Crippen LogP contribution is 2.24. The Kier molecular flexibility index (Phi) is 3.04. The maximum absolute atomic E-state index is 13.5. The fourth-order valence-corrected chi connectivity index (χ4v) is 1.82. The summed E-state index contributed by atoms with van der Waals surface area (Å²) >= 11 is 0. The fraction of sp³-hybridized carbons (Fsp3) is 0.0833. The predicted octanol–water partition coefficient (Wildman–Crippen LogP) is 2.64. The second kappa shape index (κ2) is 4.76. The second-order valence-electron chi connectivity index (χ2n) is 4.15. The molecule has 21 heavy (non-hydrogen) atoms. The van der Waals surface area contributed by atoms with E-state index in [2.05, 4.69) is 19.9 Å². The minimum atomic E-state index is -2.20. The van der Waals surface area contributed by atoms with E-state index in [1.807, 2.05) is 0 Å². The van der Waals surface area contributed by atoms with E-state index in [0.717, 1.165) is 0 Å². The molecule has 0 radical (unpaired) electrons. The number of imidazole rings is 1. The van der Waals surface area contributed by atoms with Crippen molar-refractivity contribution in [1.29, 1.82) is 0 Å². The smallest absolute Gasteiger partial charge is 0.200 e. The SMILES string of the molecule is Fc1c(F)c(F)c(Cc2ncc3[nH]cnc3n2)c(F)c1F. The lowest BCUT2D eigenvalue weighted by atomic mass is 10.1. The molecule has 2 heterocycles. The number of aromatic amines is 1. The van der Waals surface area contributed by atoms with Gasteiger partial charge >= 0.3 is 0 Å². The second-order valence-corrected chi connectivity index (χ2v) is 4.15. The van der Waals surface area contributed by atoms with Crippen LogP contribution in [0.5, 0.6) is 0 Å². The number of nitrogens with one attached hydrogen (secondary N) is 1. The highest BCUT2D eigenvalue weighted by atomic mass is 19.2. The summed E-state index contributed by atoms with van der Waals surface area (Å²) in [5.74, 6) is -10.1. The van der Waals surface area contributed by atoms with Crippen LogP contribution in [0.2, 0.25) is 0 Å². The maximum atomic E-state index is 13.5. The van der Waals surface area contributed by atoms with Gasteiger partial charge in [0.15, 0.2) is 28.9 Å². The van der Waals surface area contributed by atoms with E-state index >= 15 is 0 Å². The Bertz CT molecular complexity index is 816. The molecule has 4 nitrogen and oxygen atoms in total. The topological polar surface area (TPSA) is 54.5 Å². The third-order valence-electron chi connectivity index (χ3n) is 2.86. The number of fused-ring (bicyclic) bond motifs is 1. The molecule has 0 aliphatic carbocycles. The van der Waals surface area contributed by atoms with Crippen LogP contribution >= 0.6 is 0 Å². The number of nitrogens with zero attached hydrogens (tertiary/aromatic N) is 3. The van der Waals surface area contributed by atoms with Crippen molar-refractivity contribution in [1.82, 2.24) is 19.9 Å². The van der Waals surface area contributed by atoms with Crippen LogP contribution in [-0.2, 0) is 6.42 Å². The molecular formula is C12H5F5N4. The molecule has 0 saturated heterocycles. The molecule has 0 amide bonds. The van der Waals surface area contributed by atoms with Gasteiger partial charge in [-0.25, -0.2) is 36.9 Å². The quantitative estimate of drug-likeness (QED) is 0.450. The minimum absolute atomic E-state index is 0.113. The van der Waals surface area contributed by atoms with Crippen molar-refractivity contribution in [3.05, 3.63) is 53.0 Å². The average Bonchev–Trinajstić information content (AvgIpc) is 2.95. The van der Waals surface area contributed by atoms with E-state index in [1.165, 1.54) is 12.5 Å². The van der Waals surface area contributed by atoms with E-state index in [9.17, 15) is 22.0 Å². The summed E-state index contributed by atoms with van der Waals surface area (Å²) in [4.78, 5) is 14.2. The number of H-pyrrole nitrogens is 1. The molecular weight excluding hydrogens is 295 g/mol. The molecule has 1 aromatic carbocycles. The lowest BCUT2D eigenvalue weighted by Crippen LogP contribution is -2.09. The Morgan fingerprint density at radius 1 is 0.857 bits per heavy atom. The van der Waals surface area contributed by atoms with Crippen LogP contribution in [0.1, 0.15) is 11.4 Å². The van der Waals surface area contributed by atoms with Gasteiger partial charge in [0.05, 0.1) is 12.5 Å². The first-order valence-corrected chi connectivity index (χ1v) is 5.64. The van der Waals surface area contributed by atoms with E-state index in [4.69, 9.17) is 0 Å². The highest BCUT2D eigenvalue weighted by molar-refractivity contribution is 5.68. The lowest BCUT2D eigenvalue weighted by molar-refractivity contribution is 0.371. The van der Waals surface area contributed by atoms with Crippen molar-refractivity contribution in [2.45, 2.75) is 6.42 Å². The van der Waals surface area contributed by atoms with Gasteiger partial charge in [0, 0.05) is 12.0 Å². The Hall–Kier alpha value is -2.58. The summed E-state index contributed by atoms with van der Waals surface area (Å²) in [6, 6.07) is 0. The first kappa shape index (κ1) is 13.4. The number of aromatic nitrogens is 4. The van der Waals surface area contributed by atoms with Crippen LogP contribution in [0.3, 0.4) is 0 Å². The maximum Gasteiger partial charge on any atom is 0.200 e. The molecule has 9 heteroatoms. The molecule has 0 aliphatic rings. The first-order chi connectivity index (χ1) is 9.99. The van der Waals surface area contributed by atoms with Gasteiger partial charge in [0.25, 0.3) is 0 Å². The van der Waals surface area contributed by atoms with E-state index in [1.54, 1.807) is 0 Å². The standard InChI is InChI=1S/C12H5F5N4/c13-7-4(8(14)10(16)11(17)9(7)15)1-6-18-2-5-12(21-6)20-3-19-5/h2-3H,1H2,(H,18,19,20,21). The van der Waals surface area contributed by atoms with Crippen molar-refractivity contribution in [3.8, 4) is 0 Å². The van der Waals surface area contributed by atoms with Crippen LogP contribution in [0.25, 0.3) is 11.2 Å². The van der Waals surface area contributed by atoms with Crippen LogP contribution < -0.4 is 0 Å². The Morgan fingerprint density at radius 2 is 1.48 bits per heavy atom. The molecule has 0 aliphatic heterocycles. The number of hydrogen-bond acceptors (Lipinski definition) is 3. The molecule has 0 unspecified atom stereocenters. The monoisotopic (exact) mass is 300 g/mol. The van der Waals surface area contributed by atoms with Gasteiger partial charge in [-0.3, -0.25) is 0 Å². The molecule has 0 bridgehead atoms. The van der Waals surface area contributed by atoms with E-state index in [-0.39, 0.29) is 11.5 Å². The van der Waals surface area contributed by atoms with E-state index in [0.29, 0.717) is 5.52 Å². The summed E-state index contributed by atoms with van der Waals surface area (Å²) in [5, 5.41) is 0. The Balaban J connectivity index is 2.09. The summed E-state index contributed by atoms with van der Waals surface area (Å²) in [5.41, 5.74) is -0.277. The molecule has 3 rings (SSSR count). The number of benzene rings is 1. The van der Waals surface area contributed by atoms with Crippen LogP contribution in [0.4, 0.5) is 22.0 Å². The number of rotatable bonds is 2. The van der Waals surface area contributed by atoms with Gasteiger partial charge in [0.2, 0.25) is 5.82 Å². The van der Waals surface area contributed by atoms with Gasteiger partial charge in [-0.15, -0.1) is 0 Å². The molecule has 0 spiro atoms. The highest BCUT2D eigenvalue weighted by Gasteiger charge is 2.26. The van der Waals surface area contributed by atoms with Gasteiger partial charge < -0.3 is 4.98 Å². The van der Waals surface area contributed by atoms with Crippen molar-refractivity contribution in [2.24, 2.45) is 0 Å². The fourth-order valence-electron chi connectivity index (χ4n) is 1.82. The van der Waals surface area contributed by atoms with Crippen LogP contribution in [0, 0.1) is 29.1 Å². The molecule has 108 valence electrons. The molecule has 0 saturated carbocycles. The van der Waals surface area contributed by atoms with E-state index < -0.39 is 41.1 Å². The van der Waals surface area contributed by atoms with Crippen LogP contribution in [0.15, 0.2) is 12.5 Å². The molecule has 3 aromatic rings. The van der Waals surface area contributed by atoms with Gasteiger partial charge in [-0.1, -0.05) is 0 Å². The summed E-state index contributed by atoms with van der Waals surface area (Å²) < 4.78 is 66.2. The third kappa shape index (κ3) is 2.10. The summed E-state index contributed by atoms with van der Waals surface area (Å²) in [6.45, 7) is 0. The van der Waals surface area contributed by atoms with Gasteiger partial charge in [0.1, 0.15) is 11.3 Å².